The van der Waals surface area contributed by atoms with Gasteiger partial charge in [-0.05, 0) is 41.2 Å². The van der Waals surface area contributed by atoms with Crippen LogP contribution >= 0.6 is 0 Å². The molecule has 0 radical (unpaired) electrons. The summed E-state index contributed by atoms with van der Waals surface area (Å²) in [5.74, 6) is 1.15. The first-order chi connectivity index (χ1) is 11.5. The van der Waals surface area contributed by atoms with E-state index in [1.54, 1.807) is 7.11 Å². The van der Waals surface area contributed by atoms with Gasteiger partial charge in [0.1, 0.15) is 5.75 Å². The number of nitrogens with one attached hydrogen (secondary N) is 1. The summed E-state index contributed by atoms with van der Waals surface area (Å²) in [6.45, 7) is 4.61. The largest absolute Gasteiger partial charge is 0.497 e. The molecule has 3 N–H and O–H groups in total. The Morgan fingerprint density at radius 2 is 1.83 bits per heavy atom. The van der Waals surface area contributed by atoms with Gasteiger partial charge in [0.05, 0.1) is 13.2 Å². The van der Waals surface area contributed by atoms with Crippen molar-refractivity contribution in [2.45, 2.75) is 32.9 Å². The number of ether oxygens (including phenoxy) is 1. The first-order valence-corrected chi connectivity index (χ1v) is 8.26. The minimum atomic E-state index is -0.443. The summed E-state index contributed by atoms with van der Waals surface area (Å²) in [7, 11) is 1.66. The Morgan fingerprint density at radius 3 is 2.46 bits per heavy atom. The molecule has 0 heterocycles. The Kier molecular flexibility index (Phi) is 6.38. The van der Waals surface area contributed by atoms with E-state index in [1.807, 2.05) is 48.5 Å². The predicted octanol–water partition coefficient (Wildman–Crippen LogP) is 3.35. The second-order valence-corrected chi connectivity index (χ2v) is 6.38. The van der Waals surface area contributed by atoms with Crippen LogP contribution in [0.5, 0.6) is 5.75 Å². The van der Waals surface area contributed by atoms with E-state index in [0.29, 0.717) is 18.9 Å². The number of rotatable bonds is 7. The third kappa shape index (κ3) is 5.10. The highest BCUT2D eigenvalue weighted by Gasteiger charge is 2.14. The summed E-state index contributed by atoms with van der Waals surface area (Å²) >= 11 is 0. The van der Waals surface area contributed by atoms with Gasteiger partial charge in [-0.15, -0.1) is 0 Å². The standard InChI is InChI=1S/C20H26N2O2/c1-14(2)11-19(21)20(23)22-13-15-7-9-16(10-8-15)17-5-4-6-18(12-17)24-3/h4-10,12,14,19H,11,13,21H2,1-3H3,(H,22,23)/t19-/m0/s1. The van der Waals surface area contributed by atoms with Crippen LogP contribution in [0.3, 0.4) is 0 Å². The minimum Gasteiger partial charge on any atom is -0.497 e. The molecule has 0 bridgehead atoms. The molecule has 0 unspecified atom stereocenters. The first kappa shape index (κ1) is 18.0. The molecule has 0 aliphatic rings. The molecule has 1 atom stereocenters. The van der Waals surface area contributed by atoms with Crippen LogP contribution in [0.4, 0.5) is 0 Å². The summed E-state index contributed by atoms with van der Waals surface area (Å²) < 4.78 is 5.26. The lowest BCUT2D eigenvalue weighted by Gasteiger charge is -2.14. The average molecular weight is 326 g/mol. The van der Waals surface area contributed by atoms with Crippen LogP contribution in [0.1, 0.15) is 25.8 Å². The number of nitrogens with two attached hydrogens (primary N) is 1. The third-order valence-corrected chi connectivity index (χ3v) is 3.89. The number of methoxy groups -OCH3 is 1. The molecule has 0 saturated carbocycles. The summed E-state index contributed by atoms with van der Waals surface area (Å²) in [5.41, 5.74) is 9.15. The Balaban J connectivity index is 1.96. The van der Waals surface area contributed by atoms with Crippen molar-refractivity contribution in [3.05, 3.63) is 54.1 Å². The second-order valence-electron chi connectivity index (χ2n) is 6.38. The van der Waals surface area contributed by atoms with Crippen LogP contribution in [-0.2, 0) is 11.3 Å². The van der Waals surface area contributed by atoms with Gasteiger partial charge in [0.15, 0.2) is 0 Å². The van der Waals surface area contributed by atoms with Crippen LogP contribution < -0.4 is 15.8 Å². The summed E-state index contributed by atoms with van der Waals surface area (Å²) in [4.78, 5) is 12.0. The highest BCUT2D eigenvalue weighted by atomic mass is 16.5. The molecule has 0 aliphatic carbocycles. The van der Waals surface area contributed by atoms with Crippen molar-refractivity contribution >= 4 is 5.91 Å². The number of carbonyl (C=O) groups is 1. The van der Waals surface area contributed by atoms with Gasteiger partial charge in [0.25, 0.3) is 0 Å². The zero-order valence-electron chi connectivity index (χ0n) is 14.6. The van der Waals surface area contributed by atoms with Gasteiger partial charge in [0.2, 0.25) is 5.91 Å². The van der Waals surface area contributed by atoms with Crippen molar-refractivity contribution in [1.82, 2.24) is 5.32 Å². The van der Waals surface area contributed by atoms with Gasteiger partial charge in [-0.25, -0.2) is 0 Å². The maximum atomic E-state index is 12.0. The van der Waals surface area contributed by atoms with E-state index in [1.165, 1.54) is 0 Å². The molecular formula is C20H26N2O2. The maximum absolute atomic E-state index is 12.0. The lowest BCUT2D eigenvalue weighted by molar-refractivity contribution is -0.122. The van der Waals surface area contributed by atoms with Crippen LogP contribution in [0.15, 0.2) is 48.5 Å². The first-order valence-electron chi connectivity index (χ1n) is 8.26. The predicted molar refractivity (Wildman–Crippen MR) is 97.7 cm³/mol. The van der Waals surface area contributed by atoms with Gasteiger partial charge in [-0.1, -0.05) is 50.2 Å². The zero-order valence-corrected chi connectivity index (χ0v) is 14.6. The molecule has 1 amide bonds. The molecular weight excluding hydrogens is 300 g/mol. The van der Waals surface area contributed by atoms with E-state index < -0.39 is 6.04 Å². The molecule has 2 rings (SSSR count). The molecule has 4 nitrogen and oxygen atoms in total. The van der Waals surface area contributed by atoms with Gasteiger partial charge in [-0.2, -0.15) is 0 Å². The van der Waals surface area contributed by atoms with Crippen molar-refractivity contribution < 1.29 is 9.53 Å². The average Bonchev–Trinajstić information content (AvgIpc) is 2.59. The number of hydrogen-bond acceptors (Lipinski definition) is 3. The molecule has 0 saturated heterocycles. The fraction of sp³-hybridized carbons (Fsp3) is 0.350. The smallest absolute Gasteiger partial charge is 0.237 e. The molecule has 128 valence electrons. The lowest BCUT2D eigenvalue weighted by atomic mass is 10.0. The van der Waals surface area contributed by atoms with Crippen molar-refractivity contribution in [1.29, 1.82) is 0 Å². The molecule has 0 aliphatic heterocycles. The normalized spacial score (nSPS) is 12.0. The Bertz CT molecular complexity index is 666. The van der Waals surface area contributed by atoms with E-state index in [-0.39, 0.29) is 5.91 Å². The SMILES string of the molecule is COc1cccc(-c2ccc(CNC(=O)[C@@H](N)CC(C)C)cc2)c1. The van der Waals surface area contributed by atoms with Gasteiger partial charge in [-0.3, -0.25) is 4.79 Å². The Labute approximate surface area is 144 Å². The van der Waals surface area contributed by atoms with Crippen LogP contribution in [0, 0.1) is 5.92 Å². The Hall–Kier alpha value is -2.33. The molecule has 4 heteroatoms. The fourth-order valence-corrected chi connectivity index (χ4v) is 2.55. The van der Waals surface area contributed by atoms with Crippen molar-refractivity contribution in [3.63, 3.8) is 0 Å². The van der Waals surface area contributed by atoms with Gasteiger partial charge < -0.3 is 15.8 Å². The molecule has 24 heavy (non-hydrogen) atoms. The van der Waals surface area contributed by atoms with Crippen LogP contribution in [0.2, 0.25) is 0 Å². The molecule has 2 aromatic rings. The topological polar surface area (TPSA) is 64.3 Å². The van der Waals surface area contributed by atoms with Crippen molar-refractivity contribution in [3.8, 4) is 16.9 Å². The quantitative estimate of drug-likeness (QED) is 0.820. The highest BCUT2D eigenvalue weighted by molar-refractivity contribution is 5.81. The number of hydrogen-bond donors (Lipinski definition) is 2. The molecule has 2 aromatic carbocycles. The van der Waals surface area contributed by atoms with Crippen molar-refractivity contribution in [2.75, 3.05) is 7.11 Å². The van der Waals surface area contributed by atoms with Gasteiger partial charge >= 0.3 is 0 Å². The van der Waals surface area contributed by atoms with E-state index in [9.17, 15) is 4.79 Å². The third-order valence-electron chi connectivity index (χ3n) is 3.89. The van der Waals surface area contributed by atoms with Crippen LogP contribution in [0.25, 0.3) is 11.1 Å². The Morgan fingerprint density at radius 1 is 1.12 bits per heavy atom. The summed E-state index contributed by atoms with van der Waals surface area (Å²) in [6, 6.07) is 15.6. The monoisotopic (exact) mass is 326 g/mol. The van der Waals surface area contributed by atoms with E-state index >= 15 is 0 Å². The van der Waals surface area contributed by atoms with E-state index in [2.05, 4.69) is 19.2 Å². The molecule has 0 spiro atoms. The number of amides is 1. The highest BCUT2D eigenvalue weighted by Crippen LogP contribution is 2.24. The van der Waals surface area contributed by atoms with E-state index in [0.717, 1.165) is 22.4 Å². The van der Waals surface area contributed by atoms with Crippen LogP contribution in [-0.4, -0.2) is 19.1 Å². The second kappa shape index (κ2) is 8.50. The van der Waals surface area contributed by atoms with Gasteiger partial charge in [0, 0.05) is 6.54 Å². The van der Waals surface area contributed by atoms with E-state index in [4.69, 9.17) is 10.5 Å². The fourth-order valence-electron chi connectivity index (χ4n) is 2.55. The minimum absolute atomic E-state index is 0.0967. The van der Waals surface area contributed by atoms with Crippen molar-refractivity contribution in [2.24, 2.45) is 11.7 Å². The summed E-state index contributed by atoms with van der Waals surface area (Å²) in [5, 5.41) is 2.90. The lowest BCUT2D eigenvalue weighted by Crippen LogP contribution is -2.40. The molecule has 0 aromatic heterocycles. The maximum Gasteiger partial charge on any atom is 0.237 e. The number of benzene rings is 2. The summed E-state index contributed by atoms with van der Waals surface area (Å²) in [6.07, 6.45) is 0.695. The molecule has 0 fully saturated rings. The number of carbonyl (C=O) groups excluding carboxylic acids is 1. The zero-order chi connectivity index (χ0) is 17.5.